The molecule has 110 valence electrons. The largest absolute Gasteiger partial charge is 0.382 e. The number of halogens is 3. The summed E-state index contributed by atoms with van der Waals surface area (Å²) in [6.45, 7) is 2.14. The van der Waals surface area contributed by atoms with Crippen molar-refractivity contribution in [3.8, 4) is 0 Å². The minimum Gasteiger partial charge on any atom is -0.382 e. The van der Waals surface area contributed by atoms with Crippen LogP contribution in [0.1, 0.15) is 47.8 Å². The van der Waals surface area contributed by atoms with Crippen LogP contribution in [0.2, 0.25) is 10.0 Å². The van der Waals surface area contributed by atoms with Crippen molar-refractivity contribution in [3.63, 3.8) is 0 Å². The van der Waals surface area contributed by atoms with E-state index >= 15 is 0 Å². The number of nitrogens with zero attached hydrogens (tertiary/aromatic N) is 1. The van der Waals surface area contributed by atoms with E-state index in [2.05, 4.69) is 27.8 Å². The Labute approximate surface area is 142 Å². The summed E-state index contributed by atoms with van der Waals surface area (Å²) in [7, 11) is 0. The van der Waals surface area contributed by atoms with Gasteiger partial charge in [-0.1, -0.05) is 30.1 Å². The third kappa shape index (κ3) is 2.72. The maximum Gasteiger partial charge on any atom is 0.123 e. The number of benzene rings is 1. The zero-order valence-electron chi connectivity index (χ0n) is 11.4. The average molecular weight is 387 g/mol. The van der Waals surface area contributed by atoms with E-state index < -0.39 is 6.10 Å². The highest BCUT2D eigenvalue weighted by Gasteiger charge is 2.30. The third-order valence-electron chi connectivity index (χ3n) is 4.03. The Morgan fingerprint density at radius 2 is 2.10 bits per heavy atom. The Bertz CT molecular complexity index is 705. The van der Waals surface area contributed by atoms with Crippen LogP contribution in [0.25, 0.3) is 0 Å². The van der Waals surface area contributed by atoms with Gasteiger partial charge in [0, 0.05) is 26.3 Å². The van der Waals surface area contributed by atoms with Crippen molar-refractivity contribution in [1.29, 1.82) is 0 Å². The van der Waals surface area contributed by atoms with Gasteiger partial charge in [0.15, 0.2) is 0 Å². The molecule has 0 aliphatic heterocycles. The highest BCUT2D eigenvalue weighted by Crippen LogP contribution is 2.42. The van der Waals surface area contributed by atoms with Gasteiger partial charge in [0.05, 0.1) is 5.69 Å². The Morgan fingerprint density at radius 1 is 1.33 bits per heavy atom. The Kier molecular flexibility index (Phi) is 4.28. The maximum absolute atomic E-state index is 10.8. The van der Waals surface area contributed by atoms with Gasteiger partial charge in [0.1, 0.15) is 6.10 Å². The second-order valence-electron chi connectivity index (χ2n) is 5.30. The molecule has 1 N–H and O–H groups in total. The van der Waals surface area contributed by atoms with E-state index in [0.717, 1.165) is 34.0 Å². The van der Waals surface area contributed by atoms with Crippen LogP contribution in [0.15, 0.2) is 28.9 Å². The minimum atomic E-state index is -0.815. The molecule has 0 saturated carbocycles. The van der Waals surface area contributed by atoms with Crippen molar-refractivity contribution >= 4 is 39.1 Å². The molecule has 0 spiro atoms. The van der Waals surface area contributed by atoms with Crippen molar-refractivity contribution in [1.82, 2.24) is 4.98 Å². The molecule has 0 amide bonds. The van der Waals surface area contributed by atoms with E-state index in [1.165, 1.54) is 0 Å². The summed E-state index contributed by atoms with van der Waals surface area (Å²) in [5.41, 5.74) is 3.49. The van der Waals surface area contributed by atoms with E-state index in [9.17, 15) is 5.11 Å². The summed E-state index contributed by atoms with van der Waals surface area (Å²) < 4.78 is 0.919. The molecule has 3 rings (SSSR count). The number of hydrogen-bond donors (Lipinski definition) is 1. The molecule has 1 aliphatic carbocycles. The first-order valence-corrected chi connectivity index (χ1v) is 8.37. The first kappa shape index (κ1) is 15.3. The fourth-order valence-electron chi connectivity index (χ4n) is 3.01. The molecular formula is C16H14BrCl2NO. The van der Waals surface area contributed by atoms with E-state index in [-0.39, 0.29) is 5.92 Å². The fraction of sp³-hybridized carbons (Fsp3) is 0.312. The van der Waals surface area contributed by atoms with Gasteiger partial charge < -0.3 is 5.11 Å². The molecule has 2 nitrogen and oxygen atoms in total. The van der Waals surface area contributed by atoms with Crippen molar-refractivity contribution in [2.45, 2.75) is 31.8 Å². The van der Waals surface area contributed by atoms with Crippen LogP contribution in [0.5, 0.6) is 0 Å². The zero-order chi connectivity index (χ0) is 15.1. The summed E-state index contributed by atoms with van der Waals surface area (Å²) in [4.78, 5) is 4.43. The number of rotatable bonds is 1. The van der Waals surface area contributed by atoms with Crippen LogP contribution in [0.3, 0.4) is 0 Å². The van der Waals surface area contributed by atoms with Gasteiger partial charge in [-0.05, 0) is 64.0 Å². The monoisotopic (exact) mass is 385 g/mol. The maximum atomic E-state index is 10.8. The predicted molar refractivity (Wildman–Crippen MR) is 89.2 cm³/mol. The molecule has 0 saturated heterocycles. The lowest BCUT2D eigenvalue weighted by Gasteiger charge is -2.16. The number of pyridine rings is 1. The number of hydrogen-bond acceptors (Lipinski definition) is 2. The molecule has 0 bridgehead atoms. The normalized spacial score (nSPS) is 20.6. The standard InChI is InChI=1S/C16H14BrCl2NO/c1-2-8-3-9-4-11(18)6-13(19)14(9)16(21)15-12(8)5-10(17)7-20-15/h4-8,16,21H,2-3H2,1H3. The molecule has 2 aromatic rings. The fourth-order valence-corrected chi connectivity index (χ4v) is 4.00. The number of fused-ring (bicyclic) bond motifs is 2. The van der Waals surface area contributed by atoms with Crippen molar-refractivity contribution in [2.24, 2.45) is 0 Å². The molecule has 0 fully saturated rings. The summed E-state index contributed by atoms with van der Waals surface area (Å²) in [5.74, 6) is 0.287. The summed E-state index contributed by atoms with van der Waals surface area (Å²) >= 11 is 15.9. The summed E-state index contributed by atoms with van der Waals surface area (Å²) in [6, 6.07) is 5.62. The van der Waals surface area contributed by atoms with Crippen LogP contribution < -0.4 is 0 Å². The Morgan fingerprint density at radius 3 is 2.81 bits per heavy atom. The summed E-state index contributed by atoms with van der Waals surface area (Å²) in [6.07, 6.45) is 2.66. The molecule has 1 aliphatic rings. The van der Waals surface area contributed by atoms with Gasteiger partial charge in [-0.2, -0.15) is 0 Å². The van der Waals surface area contributed by atoms with Crippen LogP contribution in [-0.2, 0) is 6.42 Å². The lowest BCUT2D eigenvalue weighted by Crippen LogP contribution is -2.07. The second-order valence-corrected chi connectivity index (χ2v) is 7.06. The lowest BCUT2D eigenvalue weighted by atomic mass is 9.91. The molecule has 1 aromatic carbocycles. The first-order chi connectivity index (χ1) is 10.0. The molecule has 1 aromatic heterocycles. The van der Waals surface area contributed by atoms with Gasteiger partial charge >= 0.3 is 0 Å². The smallest absolute Gasteiger partial charge is 0.123 e. The molecular weight excluding hydrogens is 373 g/mol. The molecule has 0 radical (unpaired) electrons. The second kappa shape index (κ2) is 5.88. The molecule has 21 heavy (non-hydrogen) atoms. The van der Waals surface area contributed by atoms with Gasteiger partial charge in [-0.25, -0.2) is 0 Å². The van der Waals surface area contributed by atoms with Gasteiger partial charge in [-0.15, -0.1) is 0 Å². The SMILES string of the molecule is CCC1Cc2cc(Cl)cc(Cl)c2C(O)c2ncc(Br)cc21. The van der Waals surface area contributed by atoms with E-state index in [0.29, 0.717) is 15.7 Å². The van der Waals surface area contributed by atoms with Gasteiger partial charge in [-0.3, -0.25) is 4.98 Å². The number of aliphatic hydroxyl groups is 1. The molecule has 5 heteroatoms. The first-order valence-electron chi connectivity index (χ1n) is 6.82. The van der Waals surface area contributed by atoms with E-state index in [4.69, 9.17) is 23.2 Å². The van der Waals surface area contributed by atoms with Crippen LogP contribution in [0.4, 0.5) is 0 Å². The Balaban J connectivity index is 2.26. The number of aromatic nitrogens is 1. The van der Waals surface area contributed by atoms with E-state index in [1.54, 1.807) is 12.3 Å². The zero-order valence-corrected chi connectivity index (χ0v) is 14.5. The van der Waals surface area contributed by atoms with Crippen LogP contribution in [0, 0.1) is 0 Å². The summed E-state index contributed by atoms with van der Waals surface area (Å²) in [5, 5.41) is 11.9. The van der Waals surface area contributed by atoms with Crippen molar-refractivity contribution in [3.05, 3.63) is 61.3 Å². The Hall–Kier alpha value is -0.610. The quantitative estimate of drug-likeness (QED) is 0.722. The minimum absolute atomic E-state index is 0.287. The average Bonchev–Trinajstić information content (AvgIpc) is 2.54. The van der Waals surface area contributed by atoms with E-state index in [1.807, 2.05) is 12.1 Å². The molecule has 2 unspecified atom stereocenters. The van der Waals surface area contributed by atoms with Gasteiger partial charge in [0.2, 0.25) is 0 Å². The lowest BCUT2D eigenvalue weighted by molar-refractivity contribution is 0.214. The highest BCUT2D eigenvalue weighted by molar-refractivity contribution is 9.10. The van der Waals surface area contributed by atoms with Crippen LogP contribution in [-0.4, -0.2) is 10.1 Å². The molecule has 2 atom stereocenters. The third-order valence-corrected chi connectivity index (χ3v) is 4.99. The molecule has 1 heterocycles. The van der Waals surface area contributed by atoms with Crippen molar-refractivity contribution < 1.29 is 5.11 Å². The highest BCUT2D eigenvalue weighted by atomic mass is 79.9. The van der Waals surface area contributed by atoms with Crippen molar-refractivity contribution in [2.75, 3.05) is 0 Å². The topological polar surface area (TPSA) is 33.1 Å². The van der Waals surface area contributed by atoms with Gasteiger partial charge in [0.25, 0.3) is 0 Å². The van der Waals surface area contributed by atoms with Crippen LogP contribution >= 0.6 is 39.1 Å². The predicted octanol–water partition coefficient (Wildman–Crippen LogP) is 5.28. The number of aliphatic hydroxyl groups excluding tert-OH is 1.